The van der Waals surface area contributed by atoms with Crippen LogP contribution >= 0.6 is 22.9 Å². The lowest BCUT2D eigenvalue weighted by Crippen LogP contribution is -2.60. The molecule has 0 saturated heterocycles. The van der Waals surface area contributed by atoms with Crippen molar-refractivity contribution in [3.05, 3.63) is 50.6 Å². The second-order valence-electron chi connectivity index (χ2n) is 8.58. The van der Waals surface area contributed by atoms with Gasteiger partial charge in [0, 0.05) is 40.3 Å². The molecule has 1 saturated carbocycles. The zero-order valence-electron chi connectivity index (χ0n) is 17.2. The molecule has 0 bridgehead atoms. The first-order valence-electron chi connectivity index (χ1n) is 10.4. The van der Waals surface area contributed by atoms with Gasteiger partial charge in [0.15, 0.2) is 5.01 Å². The van der Waals surface area contributed by atoms with Gasteiger partial charge in [0.1, 0.15) is 5.54 Å². The van der Waals surface area contributed by atoms with Crippen molar-refractivity contribution in [2.45, 2.75) is 43.8 Å². The number of Topliss-reactive ketones (excluding diaryl/α,β-unsaturated/α-hetero) is 1. The van der Waals surface area contributed by atoms with Crippen LogP contribution in [-0.4, -0.2) is 51.7 Å². The highest BCUT2D eigenvalue weighted by Gasteiger charge is 2.47. The van der Waals surface area contributed by atoms with Gasteiger partial charge in [0.25, 0.3) is 5.91 Å². The molecule has 1 aromatic carbocycles. The van der Waals surface area contributed by atoms with E-state index in [-0.39, 0.29) is 11.7 Å². The average Bonchev–Trinajstić information content (AvgIpc) is 3.44. The number of amides is 1. The zero-order valence-corrected chi connectivity index (χ0v) is 18.8. The first-order chi connectivity index (χ1) is 14.8. The molecule has 2 aromatic heterocycles. The quantitative estimate of drug-likeness (QED) is 0.522. The highest BCUT2D eigenvalue weighted by molar-refractivity contribution is 7.13. The molecule has 1 fully saturated rings. The van der Waals surface area contributed by atoms with Gasteiger partial charge in [0.2, 0.25) is 5.78 Å². The number of nitrogens with zero attached hydrogens (tertiary/aromatic N) is 2. The van der Waals surface area contributed by atoms with Gasteiger partial charge < -0.3 is 20.9 Å². The molecular weight excluding hydrogens is 434 g/mol. The van der Waals surface area contributed by atoms with E-state index in [1.807, 2.05) is 12.1 Å². The number of thiazole rings is 1. The van der Waals surface area contributed by atoms with Crippen LogP contribution in [0.4, 0.5) is 0 Å². The fraction of sp³-hybridized carbons (Fsp3) is 0.409. The number of fused-ring (bicyclic) bond motifs is 2. The molecule has 2 atom stereocenters. The number of aromatic nitrogens is 2. The van der Waals surface area contributed by atoms with Crippen LogP contribution in [-0.2, 0) is 13.0 Å². The van der Waals surface area contributed by atoms with E-state index in [1.54, 1.807) is 12.1 Å². The number of H-pyrrole nitrogens is 1. The van der Waals surface area contributed by atoms with E-state index in [0.717, 1.165) is 47.4 Å². The molecule has 1 amide bonds. The maximum atomic E-state index is 13.4. The summed E-state index contributed by atoms with van der Waals surface area (Å²) in [4.78, 5) is 37.4. The van der Waals surface area contributed by atoms with Gasteiger partial charge in [-0.25, -0.2) is 4.98 Å². The monoisotopic (exact) mass is 457 g/mol. The Bertz CT molecular complexity index is 1190. The molecule has 4 N–H and O–H groups in total. The average molecular weight is 458 g/mol. The van der Waals surface area contributed by atoms with E-state index in [0.29, 0.717) is 28.6 Å². The number of nitrogens with two attached hydrogens (primary N) is 1. The van der Waals surface area contributed by atoms with Crippen LogP contribution in [0.15, 0.2) is 24.3 Å². The molecule has 5 rings (SSSR count). The third kappa shape index (κ3) is 3.67. The number of ketones is 1. The molecule has 7 nitrogen and oxygen atoms in total. The van der Waals surface area contributed by atoms with Crippen molar-refractivity contribution in [1.29, 1.82) is 0 Å². The van der Waals surface area contributed by atoms with Gasteiger partial charge in [-0.1, -0.05) is 11.6 Å². The molecule has 0 spiro atoms. The van der Waals surface area contributed by atoms with E-state index in [9.17, 15) is 9.59 Å². The van der Waals surface area contributed by atoms with Crippen LogP contribution < -0.4 is 11.1 Å². The van der Waals surface area contributed by atoms with Crippen molar-refractivity contribution in [3.8, 4) is 0 Å². The Labute approximate surface area is 189 Å². The van der Waals surface area contributed by atoms with E-state index in [1.165, 1.54) is 11.3 Å². The zero-order chi connectivity index (χ0) is 21.8. The summed E-state index contributed by atoms with van der Waals surface area (Å²) in [6.07, 6.45) is 2.81. The molecule has 2 aliphatic rings. The summed E-state index contributed by atoms with van der Waals surface area (Å²) in [5.74, 6) is -0.442. The van der Waals surface area contributed by atoms with E-state index in [4.69, 9.17) is 17.3 Å². The van der Waals surface area contributed by atoms with Gasteiger partial charge in [-0.2, -0.15) is 0 Å². The smallest absolute Gasteiger partial charge is 0.280 e. The van der Waals surface area contributed by atoms with Crippen LogP contribution in [0.5, 0.6) is 0 Å². The summed E-state index contributed by atoms with van der Waals surface area (Å²) in [6, 6.07) is 6.76. The van der Waals surface area contributed by atoms with E-state index >= 15 is 0 Å². The van der Waals surface area contributed by atoms with Crippen LogP contribution in [0, 0.1) is 0 Å². The normalized spacial score (nSPS) is 23.8. The molecular formula is C22H24ClN5O2S. The maximum absolute atomic E-state index is 13.4. The number of carbonyl (C=O) groups is 2. The Balaban J connectivity index is 1.36. The standard InChI is InChI=1S/C22H24ClN5O2S/c1-28-8-6-15-17(11-28)31-21(26-15)20(30)27-18-3-2-7-22(18,24)19(29)16-10-12-9-13(23)4-5-14(12)25-16/h4-5,9-10,18,25H,2-3,6-8,11,24H2,1H3,(H,27,30). The second-order valence-corrected chi connectivity index (χ2v) is 10.1. The topological polar surface area (TPSA) is 104 Å². The van der Waals surface area contributed by atoms with E-state index in [2.05, 4.69) is 27.2 Å². The number of likely N-dealkylation sites (N-methyl/N-ethyl adjacent to an activating group) is 1. The first-order valence-corrected chi connectivity index (χ1v) is 11.6. The van der Waals surface area contributed by atoms with Gasteiger partial charge in [-0.15, -0.1) is 11.3 Å². The lowest BCUT2D eigenvalue weighted by molar-refractivity contribution is 0.0831. The highest BCUT2D eigenvalue weighted by Crippen LogP contribution is 2.33. The Morgan fingerprint density at radius 1 is 1.39 bits per heavy atom. The molecule has 31 heavy (non-hydrogen) atoms. The van der Waals surface area contributed by atoms with Crippen molar-refractivity contribution in [3.63, 3.8) is 0 Å². The maximum Gasteiger partial charge on any atom is 0.280 e. The minimum absolute atomic E-state index is 0.192. The summed E-state index contributed by atoms with van der Waals surface area (Å²) < 4.78 is 0. The van der Waals surface area contributed by atoms with Crippen LogP contribution in [0.25, 0.3) is 10.9 Å². The predicted octanol–water partition coefficient (Wildman–Crippen LogP) is 3.13. The molecule has 3 aromatic rings. The fourth-order valence-electron chi connectivity index (χ4n) is 4.62. The van der Waals surface area contributed by atoms with Crippen molar-refractivity contribution < 1.29 is 9.59 Å². The van der Waals surface area contributed by atoms with Crippen molar-refractivity contribution in [2.75, 3.05) is 13.6 Å². The molecule has 1 aliphatic carbocycles. The highest BCUT2D eigenvalue weighted by atomic mass is 35.5. The molecule has 9 heteroatoms. The lowest BCUT2D eigenvalue weighted by Gasteiger charge is -2.30. The largest absolute Gasteiger partial charge is 0.352 e. The van der Waals surface area contributed by atoms with Crippen LogP contribution in [0.3, 0.4) is 0 Å². The van der Waals surface area contributed by atoms with Crippen molar-refractivity contribution in [2.24, 2.45) is 5.73 Å². The van der Waals surface area contributed by atoms with Gasteiger partial charge in [-0.05, 0) is 50.6 Å². The third-order valence-electron chi connectivity index (χ3n) is 6.38. The SMILES string of the molecule is CN1CCc2nc(C(=O)NC3CCCC3(N)C(=O)c3cc4cc(Cl)ccc4[nH]3)sc2C1. The Morgan fingerprint density at radius 2 is 2.23 bits per heavy atom. The fourth-order valence-corrected chi connectivity index (χ4v) is 5.89. The number of hydrogen-bond acceptors (Lipinski definition) is 6. The number of halogens is 1. The number of carbonyl (C=O) groups excluding carboxylic acids is 2. The van der Waals surface area contributed by atoms with Crippen molar-refractivity contribution in [1.82, 2.24) is 20.2 Å². The summed E-state index contributed by atoms with van der Waals surface area (Å²) in [5.41, 5.74) is 7.75. The van der Waals surface area contributed by atoms with Gasteiger partial charge in [0.05, 0.1) is 17.4 Å². The summed E-state index contributed by atoms with van der Waals surface area (Å²) in [5, 5.41) is 4.93. The van der Waals surface area contributed by atoms with E-state index < -0.39 is 11.6 Å². The lowest BCUT2D eigenvalue weighted by atomic mass is 9.87. The van der Waals surface area contributed by atoms with Crippen molar-refractivity contribution >= 4 is 45.5 Å². The molecule has 162 valence electrons. The summed E-state index contributed by atoms with van der Waals surface area (Å²) >= 11 is 7.50. The number of nitrogens with one attached hydrogen (secondary N) is 2. The third-order valence-corrected chi connectivity index (χ3v) is 7.69. The van der Waals surface area contributed by atoms with Gasteiger partial charge >= 0.3 is 0 Å². The Kier molecular flexibility index (Phi) is 5.13. The Hall–Kier alpha value is -2.26. The molecule has 0 radical (unpaired) electrons. The Morgan fingerprint density at radius 3 is 3.06 bits per heavy atom. The number of benzene rings is 1. The first kappa shape index (κ1) is 20.6. The second kappa shape index (κ2) is 7.70. The van der Waals surface area contributed by atoms with Crippen LogP contribution in [0.2, 0.25) is 5.02 Å². The minimum atomic E-state index is -1.16. The number of rotatable bonds is 4. The van der Waals surface area contributed by atoms with Gasteiger partial charge in [-0.3, -0.25) is 9.59 Å². The van der Waals surface area contributed by atoms with Crippen LogP contribution in [0.1, 0.15) is 50.1 Å². The summed E-state index contributed by atoms with van der Waals surface area (Å²) in [7, 11) is 2.06. The number of hydrogen-bond donors (Lipinski definition) is 3. The number of aromatic amines is 1. The molecule has 1 aliphatic heterocycles. The minimum Gasteiger partial charge on any atom is -0.352 e. The summed E-state index contributed by atoms with van der Waals surface area (Å²) in [6.45, 7) is 1.75. The predicted molar refractivity (Wildman–Crippen MR) is 122 cm³/mol. The molecule has 2 unspecified atom stereocenters. The molecule has 3 heterocycles.